The van der Waals surface area contributed by atoms with Crippen LogP contribution in [0.5, 0.6) is 5.75 Å². The van der Waals surface area contributed by atoms with Gasteiger partial charge in [-0.2, -0.15) is 0 Å². The zero-order chi connectivity index (χ0) is 14.3. The van der Waals surface area contributed by atoms with Crippen molar-refractivity contribution < 1.29 is 9.13 Å². The zero-order valence-corrected chi connectivity index (χ0v) is 11.8. The molecule has 0 amide bonds. The lowest BCUT2D eigenvalue weighted by Gasteiger charge is -2.17. The molecule has 0 saturated heterocycles. The number of nitrogens with zero attached hydrogens (tertiary/aromatic N) is 2. The van der Waals surface area contributed by atoms with Crippen molar-refractivity contribution >= 4 is 11.6 Å². The molecular formula is C14H14ClFN2O2. The van der Waals surface area contributed by atoms with Crippen LogP contribution in [0.25, 0.3) is 11.1 Å². The average Bonchev–Trinajstić information content (AvgIpc) is 2.72. The molecule has 2 heterocycles. The molecule has 3 rings (SSSR count). The molecule has 1 aliphatic rings. The summed E-state index contributed by atoms with van der Waals surface area (Å²) in [5.41, 5.74) is 0.850. The Morgan fingerprint density at radius 2 is 1.95 bits per heavy atom. The Morgan fingerprint density at radius 3 is 2.60 bits per heavy atom. The van der Waals surface area contributed by atoms with Crippen molar-refractivity contribution in [3.63, 3.8) is 0 Å². The highest BCUT2D eigenvalue weighted by atomic mass is 35.5. The molecule has 0 aliphatic carbocycles. The van der Waals surface area contributed by atoms with Crippen LogP contribution in [-0.4, -0.2) is 16.5 Å². The van der Waals surface area contributed by atoms with Gasteiger partial charge in [0.25, 0.3) is 5.56 Å². The molecule has 0 radical (unpaired) electrons. The summed E-state index contributed by atoms with van der Waals surface area (Å²) in [6, 6.07) is 4.34. The SMILES string of the molecule is COc1cc(-c2c(Cl)n3n(c2=O)CCCC3)ccc1F. The molecule has 0 fully saturated rings. The maximum Gasteiger partial charge on any atom is 0.276 e. The van der Waals surface area contributed by atoms with Crippen LogP contribution in [0.15, 0.2) is 23.0 Å². The van der Waals surface area contributed by atoms with Gasteiger partial charge in [0.2, 0.25) is 0 Å². The van der Waals surface area contributed by atoms with Gasteiger partial charge in [-0.15, -0.1) is 0 Å². The second-order valence-corrected chi connectivity index (χ2v) is 5.13. The van der Waals surface area contributed by atoms with Gasteiger partial charge >= 0.3 is 0 Å². The molecular weight excluding hydrogens is 283 g/mol. The van der Waals surface area contributed by atoms with E-state index in [-0.39, 0.29) is 11.3 Å². The van der Waals surface area contributed by atoms with E-state index < -0.39 is 5.82 Å². The van der Waals surface area contributed by atoms with Crippen molar-refractivity contribution in [2.75, 3.05) is 7.11 Å². The summed E-state index contributed by atoms with van der Waals surface area (Å²) in [5.74, 6) is -0.358. The van der Waals surface area contributed by atoms with E-state index in [1.54, 1.807) is 15.4 Å². The predicted octanol–water partition coefficient (Wildman–Crippen LogP) is 2.91. The maximum atomic E-state index is 13.5. The molecule has 6 heteroatoms. The third-order valence-electron chi connectivity index (χ3n) is 3.60. The van der Waals surface area contributed by atoms with E-state index in [0.29, 0.717) is 22.8 Å². The first-order chi connectivity index (χ1) is 9.63. The van der Waals surface area contributed by atoms with E-state index in [2.05, 4.69) is 0 Å². The van der Waals surface area contributed by atoms with E-state index in [1.165, 1.54) is 19.2 Å². The lowest BCUT2D eigenvalue weighted by molar-refractivity contribution is 0.356. The second-order valence-electron chi connectivity index (χ2n) is 4.77. The summed E-state index contributed by atoms with van der Waals surface area (Å²) in [6.07, 6.45) is 1.96. The number of halogens is 2. The summed E-state index contributed by atoms with van der Waals surface area (Å²) in [4.78, 5) is 12.4. The van der Waals surface area contributed by atoms with Crippen molar-refractivity contribution in [1.29, 1.82) is 0 Å². The van der Waals surface area contributed by atoms with Gasteiger partial charge in [-0.25, -0.2) is 9.07 Å². The van der Waals surface area contributed by atoms with Crippen LogP contribution in [0.1, 0.15) is 12.8 Å². The number of fused-ring (bicyclic) bond motifs is 1. The smallest absolute Gasteiger partial charge is 0.276 e. The van der Waals surface area contributed by atoms with Crippen LogP contribution in [0, 0.1) is 5.82 Å². The molecule has 2 aromatic rings. The number of methoxy groups -OCH3 is 1. The van der Waals surface area contributed by atoms with Gasteiger partial charge in [0.15, 0.2) is 11.6 Å². The summed E-state index contributed by atoms with van der Waals surface area (Å²) in [7, 11) is 1.39. The molecule has 1 aromatic heterocycles. The highest BCUT2D eigenvalue weighted by molar-refractivity contribution is 6.32. The molecule has 1 aromatic carbocycles. The van der Waals surface area contributed by atoms with Gasteiger partial charge in [0.1, 0.15) is 5.15 Å². The minimum atomic E-state index is -0.462. The largest absolute Gasteiger partial charge is 0.494 e. The van der Waals surface area contributed by atoms with E-state index in [0.717, 1.165) is 19.4 Å². The Morgan fingerprint density at radius 1 is 1.25 bits per heavy atom. The molecule has 4 nitrogen and oxygen atoms in total. The third kappa shape index (κ3) is 1.93. The Labute approximate surface area is 120 Å². The van der Waals surface area contributed by atoms with Crippen LogP contribution in [-0.2, 0) is 13.1 Å². The fourth-order valence-corrected chi connectivity index (χ4v) is 2.95. The van der Waals surface area contributed by atoms with Crippen molar-refractivity contribution in [1.82, 2.24) is 9.36 Å². The molecule has 0 N–H and O–H groups in total. The molecule has 1 aliphatic heterocycles. The molecule has 0 unspecified atom stereocenters. The monoisotopic (exact) mass is 296 g/mol. The Bertz CT molecular complexity index is 721. The topological polar surface area (TPSA) is 36.2 Å². The van der Waals surface area contributed by atoms with Gasteiger partial charge in [-0.3, -0.25) is 9.48 Å². The maximum absolute atomic E-state index is 13.5. The first-order valence-electron chi connectivity index (χ1n) is 6.46. The van der Waals surface area contributed by atoms with Crippen LogP contribution in [0.2, 0.25) is 5.15 Å². The molecule has 106 valence electrons. The molecule has 0 atom stereocenters. The van der Waals surface area contributed by atoms with Crippen LogP contribution < -0.4 is 10.3 Å². The van der Waals surface area contributed by atoms with Crippen molar-refractivity contribution in [2.45, 2.75) is 25.9 Å². The quantitative estimate of drug-likeness (QED) is 0.854. The van der Waals surface area contributed by atoms with Gasteiger partial charge < -0.3 is 4.74 Å². The normalized spacial score (nSPS) is 14.2. The number of benzene rings is 1. The van der Waals surface area contributed by atoms with Crippen molar-refractivity contribution in [3.05, 3.63) is 39.5 Å². The minimum Gasteiger partial charge on any atom is -0.494 e. The summed E-state index contributed by atoms with van der Waals surface area (Å²) in [5, 5.41) is 0.406. The fourth-order valence-electron chi connectivity index (χ4n) is 2.58. The Balaban J connectivity index is 2.20. The highest BCUT2D eigenvalue weighted by Gasteiger charge is 2.22. The zero-order valence-electron chi connectivity index (χ0n) is 11.0. The Hall–Kier alpha value is -1.75. The lowest BCUT2D eigenvalue weighted by atomic mass is 10.1. The molecule has 20 heavy (non-hydrogen) atoms. The van der Waals surface area contributed by atoms with Crippen LogP contribution in [0.3, 0.4) is 0 Å². The van der Waals surface area contributed by atoms with E-state index in [4.69, 9.17) is 16.3 Å². The second kappa shape index (κ2) is 4.98. The van der Waals surface area contributed by atoms with Gasteiger partial charge in [0, 0.05) is 13.1 Å². The van der Waals surface area contributed by atoms with Gasteiger partial charge in [-0.1, -0.05) is 17.7 Å². The Kier molecular flexibility index (Phi) is 3.30. The van der Waals surface area contributed by atoms with E-state index in [1.807, 2.05) is 0 Å². The average molecular weight is 297 g/mol. The minimum absolute atomic E-state index is 0.104. The van der Waals surface area contributed by atoms with Crippen molar-refractivity contribution in [2.24, 2.45) is 0 Å². The standard InChI is InChI=1S/C14H14ClFN2O2/c1-20-11-8-9(4-5-10(11)16)12-13(15)17-6-2-3-7-18(17)14(12)19/h4-5,8H,2-3,6-7H2,1H3. The van der Waals surface area contributed by atoms with Gasteiger partial charge in [0.05, 0.1) is 12.7 Å². The van der Waals surface area contributed by atoms with Crippen LogP contribution in [0.4, 0.5) is 4.39 Å². The third-order valence-corrected chi connectivity index (χ3v) is 3.99. The van der Waals surface area contributed by atoms with E-state index in [9.17, 15) is 9.18 Å². The molecule has 0 saturated carbocycles. The summed E-state index contributed by atoms with van der Waals surface area (Å²) >= 11 is 6.32. The lowest BCUT2D eigenvalue weighted by Crippen LogP contribution is -2.27. The number of ether oxygens (including phenoxy) is 1. The van der Waals surface area contributed by atoms with Gasteiger partial charge in [-0.05, 0) is 30.5 Å². The summed E-state index contributed by atoms with van der Waals surface area (Å²) < 4.78 is 21.9. The number of hydrogen-bond acceptors (Lipinski definition) is 2. The molecule has 0 spiro atoms. The fraction of sp³-hybridized carbons (Fsp3) is 0.357. The van der Waals surface area contributed by atoms with Crippen LogP contribution >= 0.6 is 11.6 Å². The number of rotatable bonds is 2. The summed E-state index contributed by atoms with van der Waals surface area (Å²) in [6.45, 7) is 1.39. The van der Waals surface area contributed by atoms with Crippen molar-refractivity contribution in [3.8, 4) is 16.9 Å². The first-order valence-corrected chi connectivity index (χ1v) is 6.84. The first kappa shape index (κ1) is 13.2. The molecule has 0 bridgehead atoms. The van der Waals surface area contributed by atoms with E-state index >= 15 is 0 Å². The number of hydrogen-bond donors (Lipinski definition) is 0. The highest BCUT2D eigenvalue weighted by Crippen LogP contribution is 2.30. The number of aromatic nitrogens is 2. The predicted molar refractivity (Wildman–Crippen MR) is 74.9 cm³/mol.